The molecule has 3 N–H and O–H groups in total. The first-order chi connectivity index (χ1) is 8.60. The third-order valence-electron chi connectivity index (χ3n) is 2.34. The minimum absolute atomic E-state index is 0.0210. The Kier molecular flexibility index (Phi) is 5.56. The number of hydrogen-bond acceptors (Lipinski definition) is 6. The Hall–Kier alpha value is -1.64. The Morgan fingerprint density at radius 3 is 2.72 bits per heavy atom. The first kappa shape index (κ1) is 14.4. The summed E-state index contributed by atoms with van der Waals surface area (Å²) in [5, 5.41) is 22.0. The van der Waals surface area contributed by atoms with Crippen molar-refractivity contribution in [1.82, 2.24) is 10.8 Å². The molecule has 0 unspecified atom stereocenters. The van der Waals surface area contributed by atoms with E-state index >= 15 is 0 Å². The third kappa shape index (κ3) is 3.69. The van der Waals surface area contributed by atoms with Crippen molar-refractivity contribution in [3.63, 3.8) is 0 Å². The summed E-state index contributed by atoms with van der Waals surface area (Å²) in [5.74, 6) is -0.476. The lowest BCUT2D eigenvalue weighted by molar-refractivity contribution is -0.385. The monoisotopic (exact) mass is 271 g/mol. The smallest absolute Gasteiger partial charge is 0.273 e. The molecule has 18 heavy (non-hydrogen) atoms. The molecule has 7 nitrogen and oxygen atoms in total. The zero-order valence-electron chi connectivity index (χ0n) is 9.37. The van der Waals surface area contributed by atoms with Gasteiger partial charge in [0.2, 0.25) is 0 Å². The summed E-state index contributed by atoms with van der Waals surface area (Å²) in [5.41, 5.74) is 1.94. The van der Waals surface area contributed by atoms with E-state index in [1.165, 1.54) is 11.5 Å². The topological polar surface area (TPSA) is 104 Å². The number of hydroxylamine groups is 1. The number of amides is 1. The van der Waals surface area contributed by atoms with Gasteiger partial charge < -0.3 is 5.32 Å². The van der Waals surface area contributed by atoms with Crippen LogP contribution < -0.4 is 10.8 Å². The number of nitrogens with zero attached hydrogens (tertiary/aromatic N) is 1. The molecule has 0 aliphatic carbocycles. The molecule has 1 aromatic rings. The maximum atomic E-state index is 11.2. The number of nitro benzene ring substituents is 1. The molecule has 0 aromatic heterocycles. The number of nitro groups is 1. The zero-order chi connectivity index (χ0) is 13.5. The molecule has 1 atom stereocenters. The van der Waals surface area contributed by atoms with Gasteiger partial charge in [-0.05, 0) is 0 Å². The Morgan fingerprint density at radius 1 is 1.50 bits per heavy atom. The molecule has 98 valence electrons. The molecule has 1 amide bonds. The van der Waals surface area contributed by atoms with E-state index in [1.54, 1.807) is 18.2 Å². The molecule has 1 rings (SSSR count). The molecule has 0 aliphatic heterocycles. The summed E-state index contributed by atoms with van der Waals surface area (Å²) >= 11 is 3.95. The fourth-order valence-corrected chi connectivity index (χ4v) is 1.68. The zero-order valence-corrected chi connectivity index (χ0v) is 10.3. The van der Waals surface area contributed by atoms with Crippen LogP contribution in [0.3, 0.4) is 0 Å². The summed E-state index contributed by atoms with van der Waals surface area (Å²) < 4.78 is 0. The highest BCUT2D eigenvalue weighted by Gasteiger charge is 2.18. The average molecular weight is 271 g/mol. The molecule has 0 fully saturated rings. The van der Waals surface area contributed by atoms with Gasteiger partial charge in [0.1, 0.15) is 0 Å². The molecular weight excluding hydrogens is 258 g/mol. The number of hydrogen-bond donors (Lipinski definition) is 4. The van der Waals surface area contributed by atoms with Gasteiger partial charge in [0.05, 0.1) is 11.0 Å². The average Bonchev–Trinajstić information content (AvgIpc) is 2.39. The van der Waals surface area contributed by atoms with Crippen molar-refractivity contribution in [1.29, 1.82) is 0 Å². The van der Waals surface area contributed by atoms with Crippen LogP contribution >= 0.6 is 12.6 Å². The van der Waals surface area contributed by atoms with Crippen LogP contribution in [0.5, 0.6) is 0 Å². The van der Waals surface area contributed by atoms with Crippen LogP contribution in [0.25, 0.3) is 0 Å². The minimum atomic E-state index is -0.724. The summed E-state index contributed by atoms with van der Waals surface area (Å²) in [6.45, 7) is 0.135. The third-order valence-corrected chi connectivity index (χ3v) is 2.70. The van der Waals surface area contributed by atoms with Crippen LogP contribution in [0.4, 0.5) is 5.69 Å². The van der Waals surface area contributed by atoms with Crippen molar-refractivity contribution in [3.8, 4) is 0 Å². The number of carbonyl (C=O) groups excluding carboxylic acids is 1. The molecule has 0 spiro atoms. The van der Waals surface area contributed by atoms with Gasteiger partial charge >= 0.3 is 0 Å². The maximum Gasteiger partial charge on any atom is 0.273 e. The molecule has 8 heteroatoms. The molecule has 0 aliphatic rings. The second-order valence-corrected chi connectivity index (χ2v) is 3.84. The number of para-hydroxylation sites is 1. The maximum absolute atomic E-state index is 11.2. The van der Waals surface area contributed by atoms with Crippen LogP contribution in [0.2, 0.25) is 0 Å². The Balaban J connectivity index is 2.73. The van der Waals surface area contributed by atoms with Crippen molar-refractivity contribution >= 4 is 24.2 Å². The van der Waals surface area contributed by atoms with Gasteiger partial charge in [-0.2, -0.15) is 12.6 Å². The predicted octanol–water partition coefficient (Wildman–Crippen LogP) is 0.488. The van der Waals surface area contributed by atoms with Crippen LogP contribution in [-0.4, -0.2) is 27.8 Å². The summed E-state index contributed by atoms with van der Waals surface area (Å²) in [4.78, 5) is 21.5. The Morgan fingerprint density at radius 2 is 2.17 bits per heavy atom. The Bertz CT molecular complexity index is 441. The standard InChI is InChI=1S/C10H13N3O4S/c14-10(12-15)8(6-18)11-5-7-3-1-2-4-9(7)13(16)17/h1-4,8,11,15,18H,5-6H2,(H,12,14)/t8-/m0/s1. The first-order valence-electron chi connectivity index (χ1n) is 5.10. The van der Waals surface area contributed by atoms with Gasteiger partial charge in [0, 0.05) is 23.9 Å². The highest BCUT2D eigenvalue weighted by atomic mass is 32.1. The quantitative estimate of drug-likeness (QED) is 0.261. The van der Waals surface area contributed by atoms with Crippen LogP contribution in [-0.2, 0) is 11.3 Å². The molecule has 0 radical (unpaired) electrons. The highest BCUT2D eigenvalue weighted by molar-refractivity contribution is 7.80. The van der Waals surface area contributed by atoms with Gasteiger partial charge in [-0.3, -0.25) is 20.1 Å². The molecule has 0 bridgehead atoms. The molecular formula is C10H13N3O4S. The molecule has 1 aromatic carbocycles. The van der Waals surface area contributed by atoms with Crippen molar-refractivity contribution in [2.24, 2.45) is 0 Å². The van der Waals surface area contributed by atoms with Gasteiger partial charge in [-0.25, -0.2) is 5.48 Å². The van der Waals surface area contributed by atoms with E-state index in [-0.39, 0.29) is 18.0 Å². The van der Waals surface area contributed by atoms with E-state index in [1.807, 2.05) is 0 Å². The summed E-state index contributed by atoms with van der Waals surface area (Å²) in [6, 6.07) is 5.50. The minimum Gasteiger partial charge on any atom is -0.301 e. The fraction of sp³-hybridized carbons (Fsp3) is 0.300. The van der Waals surface area contributed by atoms with Gasteiger partial charge in [-0.1, -0.05) is 18.2 Å². The predicted molar refractivity (Wildman–Crippen MR) is 67.5 cm³/mol. The summed E-state index contributed by atoms with van der Waals surface area (Å²) in [7, 11) is 0. The van der Waals surface area contributed by atoms with E-state index < -0.39 is 16.9 Å². The van der Waals surface area contributed by atoms with E-state index in [9.17, 15) is 14.9 Å². The summed E-state index contributed by atoms with van der Waals surface area (Å²) in [6.07, 6.45) is 0. The van der Waals surface area contributed by atoms with Gasteiger partial charge in [0.25, 0.3) is 11.6 Å². The van der Waals surface area contributed by atoms with Crippen LogP contribution in [0.15, 0.2) is 24.3 Å². The van der Waals surface area contributed by atoms with Crippen molar-refractivity contribution in [3.05, 3.63) is 39.9 Å². The van der Waals surface area contributed by atoms with Crippen LogP contribution in [0, 0.1) is 10.1 Å². The van der Waals surface area contributed by atoms with Crippen LogP contribution in [0.1, 0.15) is 5.56 Å². The lowest BCUT2D eigenvalue weighted by Crippen LogP contribution is -2.44. The Labute approximate surface area is 109 Å². The molecule has 0 heterocycles. The molecule has 0 saturated heterocycles. The largest absolute Gasteiger partial charge is 0.301 e. The van der Waals surface area contributed by atoms with E-state index in [2.05, 4.69) is 17.9 Å². The van der Waals surface area contributed by atoms with Crippen molar-refractivity contribution in [2.75, 3.05) is 5.75 Å². The molecule has 0 saturated carbocycles. The van der Waals surface area contributed by atoms with Crippen molar-refractivity contribution in [2.45, 2.75) is 12.6 Å². The number of rotatable bonds is 6. The van der Waals surface area contributed by atoms with E-state index in [0.717, 1.165) is 0 Å². The highest BCUT2D eigenvalue weighted by Crippen LogP contribution is 2.17. The second-order valence-electron chi connectivity index (χ2n) is 3.48. The van der Waals surface area contributed by atoms with E-state index in [4.69, 9.17) is 5.21 Å². The number of nitrogens with one attached hydrogen (secondary N) is 2. The normalized spacial score (nSPS) is 11.9. The van der Waals surface area contributed by atoms with Crippen molar-refractivity contribution < 1.29 is 14.9 Å². The van der Waals surface area contributed by atoms with E-state index in [0.29, 0.717) is 5.56 Å². The first-order valence-corrected chi connectivity index (χ1v) is 5.74. The lowest BCUT2D eigenvalue weighted by atomic mass is 10.1. The van der Waals surface area contributed by atoms with Gasteiger partial charge in [-0.15, -0.1) is 0 Å². The lowest BCUT2D eigenvalue weighted by Gasteiger charge is -2.14. The number of thiol groups is 1. The SMILES string of the molecule is O=C(NO)[C@H](CS)NCc1ccccc1[N+](=O)[O-]. The van der Waals surface area contributed by atoms with Gasteiger partial charge in [0.15, 0.2) is 0 Å². The number of carbonyl (C=O) groups is 1. The fourth-order valence-electron chi connectivity index (χ4n) is 1.39. The second kappa shape index (κ2) is 6.94. The number of benzene rings is 1.